The van der Waals surface area contributed by atoms with Crippen LogP contribution in [0, 0.1) is 0 Å². The number of nitrogen functional groups attached to an aromatic ring is 1. The largest absolute Gasteiger partial charge is 0.468 e. The van der Waals surface area contributed by atoms with E-state index in [4.69, 9.17) is 29.0 Å². The number of anilines is 1. The summed E-state index contributed by atoms with van der Waals surface area (Å²) in [6.07, 6.45) is 0.891. The van der Waals surface area contributed by atoms with Crippen LogP contribution in [0.5, 0.6) is 17.2 Å². The van der Waals surface area contributed by atoms with E-state index in [0.29, 0.717) is 17.3 Å². The van der Waals surface area contributed by atoms with Crippen molar-refractivity contribution >= 4 is 31.3 Å². The first-order chi connectivity index (χ1) is 16.3. The van der Waals surface area contributed by atoms with Crippen molar-refractivity contribution in [2.24, 2.45) is 0 Å². The van der Waals surface area contributed by atoms with Gasteiger partial charge < -0.3 is 29.2 Å². The van der Waals surface area contributed by atoms with E-state index in [9.17, 15) is 14.2 Å². The normalized spacial score (nSPS) is 21.6. The summed E-state index contributed by atoms with van der Waals surface area (Å²) < 4.78 is 47.2. The lowest BCUT2D eigenvalue weighted by Gasteiger charge is -2.23. The molecule has 1 aromatic carbocycles. The van der Waals surface area contributed by atoms with Crippen molar-refractivity contribution in [2.75, 3.05) is 32.0 Å². The number of ether oxygens (including phenoxy) is 4. The van der Waals surface area contributed by atoms with Crippen LogP contribution in [0.3, 0.4) is 0 Å². The van der Waals surface area contributed by atoms with Crippen molar-refractivity contribution < 1.29 is 37.4 Å². The van der Waals surface area contributed by atoms with Crippen molar-refractivity contribution in [1.29, 1.82) is 0 Å². The monoisotopic (exact) mass is 514 g/mol. The number of nitrogens with two attached hydrogens (primary N) is 1. The van der Waals surface area contributed by atoms with E-state index >= 15 is 0 Å². The first-order valence-electron chi connectivity index (χ1n) is 10.1. The molecule has 13 nitrogen and oxygen atoms in total. The van der Waals surface area contributed by atoms with Gasteiger partial charge in [-0.3, -0.25) is 13.9 Å². The van der Waals surface area contributed by atoms with Gasteiger partial charge in [0.05, 0.1) is 13.7 Å². The third kappa shape index (κ3) is 5.65. The summed E-state index contributed by atoms with van der Waals surface area (Å²) in [5.41, 5.74) is 4.41. The van der Waals surface area contributed by atoms with E-state index in [1.807, 2.05) is 0 Å². The number of hydrogen-bond acceptors (Lipinski definition) is 12. The molecule has 15 heteroatoms. The van der Waals surface area contributed by atoms with Crippen LogP contribution in [0.15, 0.2) is 35.3 Å². The predicted octanol–water partition coefficient (Wildman–Crippen LogP) is 1.50. The van der Waals surface area contributed by atoms with Crippen LogP contribution in [0.4, 0.5) is 5.82 Å². The van der Waals surface area contributed by atoms with Crippen LogP contribution in [0.2, 0.25) is 0 Å². The van der Waals surface area contributed by atoms with Gasteiger partial charge in [0.1, 0.15) is 29.3 Å². The van der Waals surface area contributed by atoms with Crippen molar-refractivity contribution in [3.63, 3.8) is 0 Å². The maximum atomic E-state index is 13.5. The Labute approximate surface area is 198 Å². The van der Waals surface area contributed by atoms with Crippen LogP contribution in [0.1, 0.15) is 13.2 Å². The Bertz CT molecular complexity index is 1160. The Morgan fingerprint density at radius 3 is 2.94 bits per heavy atom. The molecule has 1 aromatic heterocycles. The third-order valence-electron chi connectivity index (χ3n) is 4.75. The highest BCUT2D eigenvalue weighted by molar-refractivity contribution is 8.00. The van der Waals surface area contributed by atoms with Crippen LogP contribution >= 0.6 is 19.5 Å². The number of esters is 1. The number of nitrogens with one attached hydrogen (secondary N) is 1. The fourth-order valence-electron chi connectivity index (χ4n) is 3.11. The van der Waals surface area contributed by atoms with E-state index in [2.05, 4.69) is 14.8 Å². The number of carbonyl (C=O) groups excluding carboxylic acids is 1. The number of nitrogens with zero attached hydrogens (tertiary/aromatic N) is 2. The number of hydrogen-bond donors (Lipinski definition) is 2. The van der Waals surface area contributed by atoms with E-state index in [-0.39, 0.29) is 25.0 Å². The Morgan fingerprint density at radius 2 is 2.18 bits per heavy atom. The highest BCUT2D eigenvalue weighted by Crippen LogP contribution is 2.48. The standard InChI is InChI=1S/C19H23N4O9PS/c1-11(18(24)27-2)22-33(26,32-12-3-4-13-14(7-12)29-10-28-13)30-8-17-31-16(9-34-17)23-6-5-15(20)21-19(23)25/h3-7,11,16-17H,8-10H2,1-2H3,(H,22,26)(H2,20,21,25)/t11-,16+,17-,33-/m0/s1. The molecule has 0 aliphatic carbocycles. The molecule has 0 bridgehead atoms. The van der Waals surface area contributed by atoms with Gasteiger partial charge in [-0.05, 0) is 25.1 Å². The van der Waals surface area contributed by atoms with Gasteiger partial charge in [-0.25, -0.2) is 9.36 Å². The molecule has 34 heavy (non-hydrogen) atoms. The number of carbonyl (C=O) groups is 1. The summed E-state index contributed by atoms with van der Waals surface area (Å²) in [5.74, 6) is 1.01. The SMILES string of the molecule is COC(=O)[C@H](C)N[P@](=O)(OC[C@H]1O[C@@H](n2ccc(N)nc2=O)CS1)Oc1ccc2c(c1)OCO2. The van der Waals surface area contributed by atoms with Crippen LogP contribution < -0.4 is 30.5 Å². The van der Waals surface area contributed by atoms with Crippen LogP contribution in [-0.4, -0.2) is 53.3 Å². The number of rotatable bonds is 9. The zero-order valence-electron chi connectivity index (χ0n) is 18.2. The summed E-state index contributed by atoms with van der Waals surface area (Å²) in [5, 5.41) is 2.56. The van der Waals surface area contributed by atoms with Crippen molar-refractivity contribution in [3.05, 3.63) is 40.9 Å². The second-order valence-electron chi connectivity index (χ2n) is 7.17. The number of methoxy groups -OCH3 is 1. The maximum absolute atomic E-state index is 13.5. The maximum Gasteiger partial charge on any atom is 0.459 e. The predicted molar refractivity (Wildman–Crippen MR) is 121 cm³/mol. The molecule has 184 valence electrons. The van der Waals surface area contributed by atoms with Gasteiger partial charge in [0, 0.05) is 18.0 Å². The van der Waals surface area contributed by atoms with Gasteiger partial charge in [-0.2, -0.15) is 10.1 Å². The first-order valence-corrected chi connectivity index (χ1v) is 12.7. The minimum Gasteiger partial charge on any atom is -0.468 e. The summed E-state index contributed by atoms with van der Waals surface area (Å²) >= 11 is 1.35. The minimum absolute atomic E-state index is 0.0641. The molecule has 4 atom stereocenters. The zero-order chi connectivity index (χ0) is 24.3. The molecular weight excluding hydrogens is 491 g/mol. The minimum atomic E-state index is -4.09. The van der Waals surface area contributed by atoms with Gasteiger partial charge in [-0.1, -0.05) is 0 Å². The summed E-state index contributed by atoms with van der Waals surface area (Å²) in [6, 6.07) is 5.13. The van der Waals surface area contributed by atoms with Gasteiger partial charge in [0.25, 0.3) is 0 Å². The van der Waals surface area contributed by atoms with Crippen molar-refractivity contribution in [1.82, 2.24) is 14.6 Å². The molecule has 1 saturated heterocycles. The average molecular weight is 514 g/mol. The molecule has 3 heterocycles. The lowest BCUT2D eigenvalue weighted by molar-refractivity contribution is -0.142. The van der Waals surface area contributed by atoms with Gasteiger partial charge in [0.15, 0.2) is 11.5 Å². The second-order valence-corrected chi connectivity index (χ2v) is 10.1. The Hall–Kier alpha value is -2.77. The van der Waals surface area contributed by atoms with E-state index in [1.165, 1.54) is 54.8 Å². The number of thioether (sulfide) groups is 1. The van der Waals surface area contributed by atoms with Gasteiger partial charge >= 0.3 is 19.4 Å². The number of aromatic nitrogens is 2. The summed E-state index contributed by atoms with van der Waals surface area (Å²) in [7, 11) is -2.88. The fourth-order valence-corrected chi connectivity index (χ4v) is 5.68. The Kier molecular flexibility index (Phi) is 7.33. The fraction of sp³-hybridized carbons (Fsp3) is 0.421. The second kappa shape index (κ2) is 10.2. The van der Waals surface area contributed by atoms with Crippen LogP contribution in [0.25, 0.3) is 0 Å². The number of benzene rings is 1. The topological polar surface area (TPSA) is 162 Å². The molecular formula is C19H23N4O9PS. The number of fused-ring (bicyclic) bond motifs is 1. The molecule has 0 spiro atoms. The molecule has 3 N–H and O–H groups in total. The first kappa shape index (κ1) is 24.4. The van der Waals surface area contributed by atoms with Crippen LogP contribution in [-0.2, 0) is 23.4 Å². The molecule has 2 aliphatic heterocycles. The summed E-state index contributed by atoms with van der Waals surface area (Å²) in [4.78, 5) is 27.6. The van der Waals surface area contributed by atoms with E-state index < -0.39 is 37.1 Å². The highest BCUT2D eigenvalue weighted by Gasteiger charge is 2.36. The average Bonchev–Trinajstić information content (AvgIpc) is 3.46. The lowest BCUT2D eigenvalue weighted by atomic mass is 10.3. The molecule has 0 saturated carbocycles. The Balaban J connectivity index is 1.44. The van der Waals surface area contributed by atoms with Gasteiger partial charge in [0.2, 0.25) is 6.79 Å². The molecule has 2 aliphatic rings. The molecule has 0 unspecified atom stereocenters. The van der Waals surface area contributed by atoms with E-state index in [1.54, 1.807) is 6.07 Å². The highest BCUT2D eigenvalue weighted by atomic mass is 32.2. The molecule has 1 fully saturated rings. The quantitative estimate of drug-likeness (QED) is 0.366. The third-order valence-corrected chi connectivity index (χ3v) is 7.49. The van der Waals surface area contributed by atoms with Crippen molar-refractivity contribution in [2.45, 2.75) is 24.6 Å². The molecule has 0 radical (unpaired) electrons. The molecule has 2 aromatic rings. The zero-order valence-corrected chi connectivity index (χ0v) is 20.0. The summed E-state index contributed by atoms with van der Waals surface area (Å²) in [6.45, 7) is 1.36. The van der Waals surface area contributed by atoms with E-state index in [0.717, 1.165) is 0 Å². The lowest BCUT2D eigenvalue weighted by Crippen LogP contribution is -2.35. The molecule has 0 amide bonds. The van der Waals surface area contributed by atoms with Crippen molar-refractivity contribution in [3.8, 4) is 17.2 Å². The Morgan fingerprint density at radius 1 is 1.38 bits per heavy atom. The smallest absolute Gasteiger partial charge is 0.459 e. The van der Waals surface area contributed by atoms with Gasteiger partial charge in [-0.15, -0.1) is 11.8 Å². The molecule has 4 rings (SSSR count).